The minimum atomic E-state index is 0.159. The van der Waals surface area contributed by atoms with Crippen LogP contribution in [-0.4, -0.2) is 0 Å². The van der Waals surface area contributed by atoms with Crippen molar-refractivity contribution in [2.24, 2.45) is 0 Å². The van der Waals surface area contributed by atoms with Gasteiger partial charge in [-0.05, 0) is 18.6 Å². The van der Waals surface area contributed by atoms with E-state index in [1.165, 1.54) is 21.6 Å². The van der Waals surface area contributed by atoms with Crippen LogP contribution >= 0.6 is 22.7 Å². The maximum atomic E-state index is 12.6. The van der Waals surface area contributed by atoms with Crippen molar-refractivity contribution in [2.75, 3.05) is 0 Å². The van der Waals surface area contributed by atoms with Gasteiger partial charge in [0.25, 0.3) is 0 Å². The molecule has 0 saturated heterocycles. The third-order valence-corrected chi connectivity index (χ3v) is 5.79. The van der Waals surface area contributed by atoms with Crippen LogP contribution < -0.4 is 4.74 Å². The normalized spacial score (nSPS) is 11.3. The van der Waals surface area contributed by atoms with E-state index >= 15 is 0 Å². The summed E-state index contributed by atoms with van der Waals surface area (Å²) < 4.78 is 2.34. The lowest BCUT2D eigenvalue weighted by Gasteiger charge is -2.02. The summed E-state index contributed by atoms with van der Waals surface area (Å²) in [7, 11) is 0. The highest BCUT2D eigenvalue weighted by Gasteiger charge is 2.16. The molecule has 0 N–H and O–H groups in total. The number of thiophene rings is 1. The first kappa shape index (κ1) is 12.7. The molecule has 0 unspecified atom stereocenters. The van der Waals surface area contributed by atoms with Gasteiger partial charge in [-0.3, -0.25) is 4.79 Å². The van der Waals surface area contributed by atoms with Crippen LogP contribution in [0.5, 0.6) is 0 Å². The highest BCUT2D eigenvalue weighted by molar-refractivity contribution is 7.23. The second-order valence-electron chi connectivity index (χ2n) is 4.99. The maximum absolute atomic E-state index is 12.6. The Hall–Kier alpha value is -1.97. The number of benzene rings is 2. The van der Waals surface area contributed by atoms with Crippen molar-refractivity contribution >= 4 is 42.8 Å². The first-order valence-electron chi connectivity index (χ1n) is 6.76. The van der Waals surface area contributed by atoms with Crippen LogP contribution in [0.25, 0.3) is 31.3 Å². The Bertz CT molecular complexity index is 1010. The van der Waals surface area contributed by atoms with Crippen LogP contribution in [0, 0.1) is 6.92 Å². The predicted molar refractivity (Wildman–Crippen MR) is 93.7 cm³/mol. The molecule has 0 aliphatic rings. The number of hydrogen-bond donors (Lipinski definition) is 0. The molecule has 0 spiro atoms. The van der Waals surface area contributed by atoms with Gasteiger partial charge in [0.1, 0.15) is 0 Å². The average molecular weight is 308 g/mol. The third-order valence-electron chi connectivity index (χ3n) is 3.69. The maximum Gasteiger partial charge on any atom is 0.242 e. The zero-order chi connectivity index (χ0) is 14.4. The Balaban J connectivity index is 2.22. The van der Waals surface area contributed by atoms with E-state index < -0.39 is 0 Å². The third kappa shape index (κ3) is 1.93. The molecule has 2 aromatic carbocycles. The zero-order valence-corrected chi connectivity index (χ0v) is 13.1. The first-order chi connectivity index (χ1) is 10.3. The quantitative estimate of drug-likeness (QED) is 0.457. The summed E-state index contributed by atoms with van der Waals surface area (Å²) in [5.41, 5.74) is 2.23. The van der Waals surface area contributed by atoms with E-state index in [0.717, 1.165) is 25.9 Å². The monoisotopic (exact) mass is 308 g/mol. The van der Waals surface area contributed by atoms with E-state index in [9.17, 15) is 4.79 Å². The van der Waals surface area contributed by atoms with Crippen molar-refractivity contribution in [2.45, 2.75) is 6.92 Å². The van der Waals surface area contributed by atoms with E-state index in [0.29, 0.717) is 0 Å². The summed E-state index contributed by atoms with van der Waals surface area (Å²) in [6.07, 6.45) is 0. The van der Waals surface area contributed by atoms with E-state index in [-0.39, 0.29) is 4.74 Å². The molecule has 0 radical (unpaired) electrons. The molecule has 1 nitrogen and oxygen atoms in total. The van der Waals surface area contributed by atoms with E-state index in [4.69, 9.17) is 0 Å². The van der Waals surface area contributed by atoms with Crippen molar-refractivity contribution in [1.82, 2.24) is 0 Å². The van der Waals surface area contributed by atoms with Gasteiger partial charge in [-0.15, -0.1) is 11.3 Å². The molecule has 2 heterocycles. The molecule has 21 heavy (non-hydrogen) atoms. The minimum absolute atomic E-state index is 0.159. The number of fused-ring (bicyclic) bond motifs is 3. The van der Waals surface area contributed by atoms with E-state index in [1.807, 2.05) is 36.4 Å². The Kier molecular flexibility index (Phi) is 2.91. The Morgan fingerprint density at radius 1 is 0.857 bits per heavy atom. The molecular weight excluding hydrogens is 296 g/mol. The smallest absolute Gasteiger partial charge is 0.242 e. The Labute approximate surface area is 130 Å². The summed E-state index contributed by atoms with van der Waals surface area (Å²) in [5.74, 6) is 0. The van der Waals surface area contributed by atoms with Gasteiger partial charge >= 0.3 is 0 Å². The lowest BCUT2D eigenvalue weighted by molar-refractivity contribution is 1.60. The van der Waals surface area contributed by atoms with Crippen LogP contribution in [0.15, 0.2) is 59.4 Å². The average Bonchev–Trinajstić information content (AvgIpc) is 2.86. The predicted octanol–water partition coefficient (Wildman–Crippen LogP) is 5.45. The van der Waals surface area contributed by atoms with Gasteiger partial charge in [0.2, 0.25) is 4.74 Å². The highest BCUT2D eigenvalue weighted by Crippen LogP contribution is 2.40. The van der Waals surface area contributed by atoms with Crippen molar-refractivity contribution in [3.63, 3.8) is 0 Å². The molecule has 0 aliphatic carbocycles. The fourth-order valence-electron chi connectivity index (χ4n) is 2.78. The lowest BCUT2D eigenvalue weighted by Crippen LogP contribution is -1.95. The van der Waals surface area contributed by atoms with Crippen LogP contribution in [-0.2, 0) is 0 Å². The fraction of sp³-hybridized carbons (Fsp3) is 0.0556. The van der Waals surface area contributed by atoms with Gasteiger partial charge < -0.3 is 0 Å². The molecule has 3 heteroatoms. The second kappa shape index (κ2) is 4.79. The largest absolute Gasteiger partial charge is 0.277 e. The zero-order valence-electron chi connectivity index (χ0n) is 11.4. The molecule has 2 aromatic heterocycles. The minimum Gasteiger partial charge on any atom is -0.277 e. The number of rotatable bonds is 1. The van der Waals surface area contributed by atoms with E-state index in [2.05, 4.69) is 25.1 Å². The summed E-state index contributed by atoms with van der Waals surface area (Å²) in [6, 6.07) is 18.4. The van der Waals surface area contributed by atoms with Crippen LogP contribution in [0.4, 0.5) is 0 Å². The van der Waals surface area contributed by atoms with Gasteiger partial charge in [-0.1, -0.05) is 59.9 Å². The molecule has 0 saturated carbocycles. The molecule has 102 valence electrons. The molecule has 0 atom stereocenters. The summed E-state index contributed by atoms with van der Waals surface area (Å²) in [5, 5.41) is 2.07. The molecule has 0 bridgehead atoms. The van der Waals surface area contributed by atoms with Gasteiger partial charge in [0.05, 0.1) is 5.39 Å². The summed E-state index contributed by atoms with van der Waals surface area (Å²) in [6.45, 7) is 2.10. The summed E-state index contributed by atoms with van der Waals surface area (Å²) >= 11 is 3.07. The van der Waals surface area contributed by atoms with Gasteiger partial charge in [0, 0.05) is 25.2 Å². The van der Waals surface area contributed by atoms with Crippen molar-refractivity contribution in [1.29, 1.82) is 0 Å². The molecule has 0 amide bonds. The highest BCUT2D eigenvalue weighted by atomic mass is 32.1. The van der Waals surface area contributed by atoms with Crippen molar-refractivity contribution in [3.05, 3.63) is 69.0 Å². The molecule has 0 fully saturated rings. The topological polar surface area (TPSA) is 17.1 Å². The fourth-order valence-corrected chi connectivity index (χ4v) is 5.05. The van der Waals surface area contributed by atoms with Gasteiger partial charge in [0.15, 0.2) is 0 Å². The SMILES string of the molecule is Cc1sc2c(c1-c1ccccc1)c(=O)sc1ccccc12. The van der Waals surface area contributed by atoms with Crippen LogP contribution in [0.3, 0.4) is 0 Å². The molecule has 4 aromatic rings. The lowest BCUT2D eigenvalue weighted by atomic mass is 10.0. The molecule has 0 aliphatic heterocycles. The van der Waals surface area contributed by atoms with E-state index in [1.54, 1.807) is 11.3 Å². The second-order valence-corrected chi connectivity index (χ2v) is 7.23. The Morgan fingerprint density at radius 2 is 1.57 bits per heavy atom. The van der Waals surface area contributed by atoms with Crippen molar-refractivity contribution in [3.8, 4) is 11.1 Å². The standard InChI is InChI=1S/C18H12OS2/c1-11-15(12-7-3-2-4-8-12)16-17(20-11)13-9-5-6-10-14(13)21-18(16)19/h2-10H,1H3. The molecular formula is C18H12OS2. The van der Waals surface area contributed by atoms with Crippen LogP contribution in [0.1, 0.15) is 4.88 Å². The number of aryl methyl sites for hydroxylation is 1. The molecule has 4 rings (SSSR count). The van der Waals surface area contributed by atoms with Crippen molar-refractivity contribution < 1.29 is 0 Å². The van der Waals surface area contributed by atoms with Crippen LogP contribution in [0.2, 0.25) is 0 Å². The number of hydrogen-bond acceptors (Lipinski definition) is 3. The van der Waals surface area contributed by atoms with Gasteiger partial charge in [-0.2, -0.15) is 0 Å². The van der Waals surface area contributed by atoms with Gasteiger partial charge in [-0.25, -0.2) is 0 Å². The Morgan fingerprint density at radius 3 is 2.38 bits per heavy atom. The first-order valence-corrected chi connectivity index (χ1v) is 8.39. The summed E-state index contributed by atoms with van der Waals surface area (Å²) in [4.78, 5) is 13.8.